The zero-order valence-electron chi connectivity index (χ0n) is 14.6. The molecule has 0 N–H and O–H groups in total. The van der Waals surface area contributed by atoms with Crippen molar-refractivity contribution in [3.63, 3.8) is 0 Å². The van der Waals surface area contributed by atoms with Crippen molar-refractivity contribution in [1.82, 2.24) is 19.4 Å². The van der Waals surface area contributed by atoms with E-state index in [0.29, 0.717) is 10.2 Å². The lowest BCUT2D eigenvalue weighted by molar-refractivity contribution is -0.133. The molecule has 1 aliphatic rings. The van der Waals surface area contributed by atoms with Gasteiger partial charge in [-0.2, -0.15) is 0 Å². The highest BCUT2D eigenvalue weighted by atomic mass is 32.1. The van der Waals surface area contributed by atoms with Crippen LogP contribution in [-0.2, 0) is 4.79 Å². The van der Waals surface area contributed by atoms with Crippen molar-refractivity contribution in [1.29, 1.82) is 0 Å². The standard InChI is InChI=1S/C18H20N4O2S/c1-10-8-11(2)20-16-13(10)14-15(25-16)18(24)22(9-19-14)12(3)17(23)21-6-4-5-7-21/h8-9,12H,4-7H2,1-3H3/t12-/m0/s1. The van der Waals surface area contributed by atoms with Crippen LogP contribution in [0.15, 0.2) is 17.2 Å². The number of nitrogens with zero attached hydrogens (tertiary/aromatic N) is 4. The van der Waals surface area contributed by atoms with E-state index >= 15 is 0 Å². The number of carbonyl (C=O) groups is 1. The third-order valence-electron chi connectivity index (χ3n) is 4.89. The normalized spacial score (nSPS) is 16.0. The lowest BCUT2D eigenvalue weighted by Gasteiger charge is -2.21. The van der Waals surface area contributed by atoms with E-state index in [1.54, 1.807) is 6.92 Å². The lowest BCUT2D eigenvalue weighted by Crippen LogP contribution is -2.37. The Kier molecular flexibility index (Phi) is 3.83. The molecular weight excluding hydrogens is 336 g/mol. The zero-order chi connectivity index (χ0) is 17.7. The Balaban J connectivity index is 1.85. The van der Waals surface area contributed by atoms with Crippen LogP contribution >= 0.6 is 11.3 Å². The van der Waals surface area contributed by atoms with Crippen molar-refractivity contribution in [2.45, 2.75) is 39.7 Å². The average molecular weight is 356 g/mol. The molecule has 0 bridgehead atoms. The molecular formula is C18H20N4O2S. The van der Waals surface area contributed by atoms with Gasteiger partial charge in [0, 0.05) is 24.2 Å². The summed E-state index contributed by atoms with van der Waals surface area (Å²) >= 11 is 1.36. The molecule has 3 aromatic rings. The fourth-order valence-corrected chi connectivity index (χ4v) is 4.76. The molecule has 1 saturated heterocycles. The summed E-state index contributed by atoms with van der Waals surface area (Å²) in [5.41, 5.74) is 2.52. The SMILES string of the molecule is Cc1cc(C)c2c(n1)sc1c(=O)n([C@@H](C)C(=O)N3CCCC3)cnc12. The van der Waals surface area contributed by atoms with Crippen molar-refractivity contribution in [2.75, 3.05) is 13.1 Å². The molecule has 1 atom stereocenters. The molecule has 4 rings (SSSR count). The number of thiophene rings is 1. The molecule has 0 aromatic carbocycles. The van der Waals surface area contributed by atoms with Crippen LogP contribution in [0.3, 0.4) is 0 Å². The molecule has 7 heteroatoms. The predicted octanol–water partition coefficient (Wildman–Crippen LogP) is 2.81. The second-order valence-corrected chi connectivity index (χ2v) is 7.70. The number of fused-ring (bicyclic) bond motifs is 3. The number of hydrogen-bond acceptors (Lipinski definition) is 5. The lowest BCUT2D eigenvalue weighted by atomic mass is 10.1. The van der Waals surface area contributed by atoms with Crippen LogP contribution in [0, 0.1) is 13.8 Å². The molecule has 0 aliphatic carbocycles. The van der Waals surface area contributed by atoms with E-state index in [2.05, 4.69) is 9.97 Å². The number of hydrogen-bond donors (Lipinski definition) is 0. The van der Waals surface area contributed by atoms with Gasteiger partial charge in [0.2, 0.25) is 5.91 Å². The van der Waals surface area contributed by atoms with E-state index in [9.17, 15) is 9.59 Å². The molecule has 25 heavy (non-hydrogen) atoms. The molecule has 1 amide bonds. The van der Waals surface area contributed by atoms with Crippen molar-refractivity contribution in [2.24, 2.45) is 0 Å². The Bertz CT molecular complexity index is 1050. The molecule has 4 heterocycles. The maximum absolute atomic E-state index is 13.0. The summed E-state index contributed by atoms with van der Waals surface area (Å²) in [7, 11) is 0. The largest absolute Gasteiger partial charge is 0.341 e. The van der Waals surface area contributed by atoms with E-state index < -0.39 is 6.04 Å². The summed E-state index contributed by atoms with van der Waals surface area (Å²) in [5, 5.41) is 0.938. The van der Waals surface area contributed by atoms with Crippen LogP contribution in [0.4, 0.5) is 0 Å². The average Bonchev–Trinajstić information content (AvgIpc) is 3.21. The van der Waals surface area contributed by atoms with Crippen LogP contribution in [0.2, 0.25) is 0 Å². The minimum atomic E-state index is -0.538. The van der Waals surface area contributed by atoms with Gasteiger partial charge < -0.3 is 4.90 Å². The van der Waals surface area contributed by atoms with Gasteiger partial charge in [0.15, 0.2) is 0 Å². The number of aryl methyl sites for hydroxylation is 2. The van der Waals surface area contributed by atoms with Crippen LogP contribution < -0.4 is 5.56 Å². The number of carbonyl (C=O) groups excluding carboxylic acids is 1. The van der Waals surface area contributed by atoms with Crippen molar-refractivity contribution in [3.8, 4) is 0 Å². The summed E-state index contributed by atoms with van der Waals surface area (Å²) < 4.78 is 2.03. The van der Waals surface area contributed by atoms with Gasteiger partial charge in [-0.3, -0.25) is 14.2 Å². The van der Waals surface area contributed by atoms with Gasteiger partial charge in [-0.15, -0.1) is 11.3 Å². The minimum Gasteiger partial charge on any atom is -0.341 e. The van der Waals surface area contributed by atoms with E-state index in [4.69, 9.17) is 0 Å². The fraction of sp³-hybridized carbons (Fsp3) is 0.444. The van der Waals surface area contributed by atoms with Crippen molar-refractivity contribution < 1.29 is 4.79 Å². The summed E-state index contributed by atoms with van der Waals surface area (Å²) in [4.78, 5) is 37.3. The molecule has 6 nitrogen and oxygen atoms in total. The Hall–Kier alpha value is -2.28. The smallest absolute Gasteiger partial charge is 0.272 e. The van der Waals surface area contributed by atoms with Gasteiger partial charge in [0.05, 0.1) is 11.8 Å². The maximum atomic E-state index is 13.0. The summed E-state index contributed by atoms with van der Waals surface area (Å²) in [6, 6.07) is 1.46. The van der Waals surface area contributed by atoms with Gasteiger partial charge in [-0.25, -0.2) is 9.97 Å². The Morgan fingerprint density at radius 2 is 2.00 bits per heavy atom. The second kappa shape index (κ2) is 5.91. The fourth-order valence-electron chi connectivity index (χ4n) is 3.58. The van der Waals surface area contributed by atoms with Gasteiger partial charge in [-0.1, -0.05) is 0 Å². The molecule has 0 saturated carbocycles. The van der Waals surface area contributed by atoms with Gasteiger partial charge in [-0.05, 0) is 45.2 Å². The minimum absolute atomic E-state index is 0.00740. The van der Waals surface area contributed by atoms with Crippen LogP contribution in [-0.4, -0.2) is 38.4 Å². The number of rotatable bonds is 2. The number of aromatic nitrogens is 3. The predicted molar refractivity (Wildman–Crippen MR) is 99.2 cm³/mol. The third kappa shape index (κ3) is 2.54. The Labute approximate surface area is 149 Å². The summed E-state index contributed by atoms with van der Waals surface area (Å²) in [6.07, 6.45) is 3.57. The first-order valence-corrected chi connectivity index (χ1v) is 9.35. The van der Waals surface area contributed by atoms with Crippen LogP contribution in [0.1, 0.15) is 37.1 Å². The van der Waals surface area contributed by atoms with Gasteiger partial charge >= 0.3 is 0 Å². The summed E-state index contributed by atoms with van der Waals surface area (Å²) in [5.74, 6) is -0.00740. The Morgan fingerprint density at radius 1 is 1.28 bits per heavy atom. The first-order valence-electron chi connectivity index (χ1n) is 8.53. The second-order valence-electron chi connectivity index (χ2n) is 6.71. The monoisotopic (exact) mass is 356 g/mol. The maximum Gasteiger partial charge on any atom is 0.272 e. The highest BCUT2D eigenvalue weighted by Crippen LogP contribution is 2.32. The van der Waals surface area contributed by atoms with Crippen molar-refractivity contribution >= 4 is 37.7 Å². The molecule has 130 valence electrons. The van der Waals surface area contributed by atoms with E-state index in [1.807, 2.05) is 24.8 Å². The first-order chi connectivity index (χ1) is 12.0. The van der Waals surface area contributed by atoms with Crippen LogP contribution in [0.5, 0.6) is 0 Å². The highest BCUT2D eigenvalue weighted by molar-refractivity contribution is 7.25. The van der Waals surface area contributed by atoms with Crippen LogP contribution in [0.25, 0.3) is 20.4 Å². The van der Waals surface area contributed by atoms with Gasteiger partial charge in [0.25, 0.3) is 5.56 Å². The first kappa shape index (κ1) is 16.2. The number of pyridine rings is 1. The molecule has 3 aromatic heterocycles. The van der Waals surface area contributed by atoms with E-state index in [-0.39, 0.29) is 11.5 Å². The molecule has 0 radical (unpaired) electrons. The van der Waals surface area contributed by atoms with E-state index in [1.165, 1.54) is 22.2 Å². The highest BCUT2D eigenvalue weighted by Gasteiger charge is 2.26. The Morgan fingerprint density at radius 3 is 2.72 bits per heavy atom. The molecule has 0 spiro atoms. The third-order valence-corrected chi connectivity index (χ3v) is 5.96. The molecule has 1 aliphatic heterocycles. The number of amides is 1. The van der Waals surface area contributed by atoms with E-state index in [0.717, 1.165) is 47.4 Å². The number of likely N-dealkylation sites (tertiary alicyclic amines) is 1. The van der Waals surface area contributed by atoms with Crippen molar-refractivity contribution in [3.05, 3.63) is 34.0 Å². The topological polar surface area (TPSA) is 68.1 Å². The zero-order valence-corrected chi connectivity index (χ0v) is 15.4. The van der Waals surface area contributed by atoms with Gasteiger partial charge in [0.1, 0.15) is 15.6 Å². The quantitative estimate of drug-likeness (QED) is 0.708. The molecule has 0 unspecified atom stereocenters. The molecule has 1 fully saturated rings. The summed E-state index contributed by atoms with van der Waals surface area (Å²) in [6.45, 7) is 7.28.